The van der Waals surface area contributed by atoms with E-state index in [1.165, 1.54) is 0 Å². The second-order valence-electron chi connectivity index (χ2n) is 6.66. The molecule has 2 N–H and O–H groups in total. The molecule has 13 heteroatoms. The van der Waals surface area contributed by atoms with Crippen molar-refractivity contribution in [2.24, 2.45) is 0 Å². The molecule has 33 heavy (non-hydrogen) atoms. The average molecular weight is 518 g/mol. The van der Waals surface area contributed by atoms with E-state index in [4.69, 9.17) is 11.6 Å². The van der Waals surface area contributed by atoms with Gasteiger partial charge in [-0.05, 0) is 42.8 Å². The molecule has 0 saturated carbocycles. The molecule has 2 aromatic carbocycles. The summed E-state index contributed by atoms with van der Waals surface area (Å²) in [7, 11) is -4.56. The number of H-pyrrole nitrogens is 1. The van der Waals surface area contributed by atoms with Gasteiger partial charge in [-0.2, -0.15) is 13.2 Å². The van der Waals surface area contributed by atoms with Crippen LogP contribution in [0.5, 0.6) is 0 Å². The number of halogens is 4. The smallest absolute Gasteiger partial charge is 0.325 e. The first-order chi connectivity index (χ1) is 15.4. The van der Waals surface area contributed by atoms with Gasteiger partial charge in [-0.1, -0.05) is 35.5 Å². The number of hydrogen-bond acceptors (Lipinski definition) is 6. The lowest BCUT2D eigenvalue weighted by Crippen LogP contribution is -2.20. The van der Waals surface area contributed by atoms with Crippen molar-refractivity contribution in [3.63, 3.8) is 0 Å². The van der Waals surface area contributed by atoms with E-state index in [9.17, 15) is 31.2 Å². The van der Waals surface area contributed by atoms with Gasteiger partial charge >= 0.3 is 6.18 Å². The Labute approximate surface area is 195 Å². The summed E-state index contributed by atoms with van der Waals surface area (Å²) in [6.45, 7) is 1.73. The molecule has 0 atom stereocenters. The molecule has 0 aliphatic carbocycles. The first-order valence-corrected chi connectivity index (χ1v) is 11.9. The number of benzene rings is 2. The minimum atomic E-state index is -4.75. The lowest BCUT2D eigenvalue weighted by Gasteiger charge is -2.10. The van der Waals surface area contributed by atoms with Gasteiger partial charge in [0, 0.05) is 10.7 Å². The summed E-state index contributed by atoms with van der Waals surface area (Å²) >= 11 is 6.84. The van der Waals surface area contributed by atoms with E-state index in [-0.39, 0.29) is 10.9 Å². The summed E-state index contributed by atoms with van der Waals surface area (Å²) in [6, 6.07) is 8.05. The van der Waals surface area contributed by atoms with Crippen LogP contribution < -0.4 is 10.9 Å². The molecule has 0 bridgehead atoms. The van der Waals surface area contributed by atoms with Gasteiger partial charge in [-0.15, -0.1) is 0 Å². The number of anilines is 1. The zero-order chi connectivity index (χ0) is 24.4. The predicted octanol–water partition coefficient (Wildman–Crippen LogP) is 4.31. The number of nitrogens with one attached hydrogen (secondary N) is 2. The molecule has 1 aromatic heterocycles. The van der Waals surface area contributed by atoms with E-state index >= 15 is 0 Å². The maximum absolute atomic E-state index is 12.9. The van der Waals surface area contributed by atoms with Crippen molar-refractivity contribution in [1.29, 1.82) is 0 Å². The van der Waals surface area contributed by atoms with Crippen molar-refractivity contribution in [1.82, 2.24) is 9.97 Å². The summed E-state index contributed by atoms with van der Waals surface area (Å²) in [5.74, 6) is -0.581. The maximum atomic E-state index is 12.9. The van der Waals surface area contributed by atoms with Gasteiger partial charge in [0.25, 0.3) is 5.56 Å². The standard InChI is InChI=1S/C20H15ClF3N3O4S2/c1-11-14(21)6-3-7-15(11)26-17(28)10-32-19-25-9-16(18(29)27-19)33(30,31)13-5-2-4-12(8-13)20(22,23)24/h2-9H,10H2,1H3,(H,26,28)(H,25,27,29). The van der Waals surface area contributed by atoms with Crippen molar-refractivity contribution < 1.29 is 26.4 Å². The van der Waals surface area contributed by atoms with Crippen molar-refractivity contribution in [3.05, 3.63) is 75.2 Å². The number of sulfone groups is 1. The molecule has 0 unspecified atom stereocenters. The van der Waals surface area contributed by atoms with Crippen LogP contribution in [0, 0.1) is 6.92 Å². The lowest BCUT2D eigenvalue weighted by atomic mass is 10.2. The molecule has 0 aliphatic heterocycles. The van der Waals surface area contributed by atoms with Crippen molar-refractivity contribution in [2.75, 3.05) is 11.1 Å². The second-order valence-corrected chi connectivity index (χ2v) is 9.95. The first kappa shape index (κ1) is 24.8. The molecule has 3 rings (SSSR count). The third-order valence-corrected chi connectivity index (χ3v) is 7.43. The Balaban J connectivity index is 1.75. The minimum absolute atomic E-state index is 0.0408. The number of alkyl halides is 3. The van der Waals surface area contributed by atoms with Crippen LogP contribution in [0.15, 0.2) is 68.4 Å². The summed E-state index contributed by atoms with van der Waals surface area (Å²) in [6.07, 6.45) is -4.00. The molecule has 3 aromatic rings. The third-order valence-electron chi connectivity index (χ3n) is 4.39. The van der Waals surface area contributed by atoms with Crippen LogP contribution in [-0.4, -0.2) is 30.0 Å². The Hall–Kier alpha value is -2.83. The maximum Gasteiger partial charge on any atom is 0.416 e. The van der Waals surface area contributed by atoms with Gasteiger partial charge in [0.05, 0.1) is 22.4 Å². The number of aromatic amines is 1. The molecular weight excluding hydrogens is 503 g/mol. The summed E-state index contributed by atoms with van der Waals surface area (Å²) < 4.78 is 64.0. The molecule has 174 valence electrons. The van der Waals surface area contributed by atoms with E-state index in [2.05, 4.69) is 15.3 Å². The second kappa shape index (κ2) is 9.57. The molecule has 0 fully saturated rings. The molecule has 7 nitrogen and oxygen atoms in total. The molecule has 0 spiro atoms. The topological polar surface area (TPSA) is 109 Å². The van der Waals surface area contributed by atoms with Crippen LogP contribution in [0.4, 0.5) is 18.9 Å². The highest BCUT2D eigenvalue weighted by Crippen LogP contribution is 2.31. The Morgan fingerprint density at radius 1 is 1.21 bits per heavy atom. The van der Waals surface area contributed by atoms with Crippen LogP contribution >= 0.6 is 23.4 Å². The fraction of sp³-hybridized carbons (Fsp3) is 0.150. The number of rotatable bonds is 6. The third kappa shape index (κ3) is 5.75. The highest BCUT2D eigenvalue weighted by molar-refractivity contribution is 7.99. The minimum Gasteiger partial charge on any atom is -0.325 e. The van der Waals surface area contributed by atoms with E-state index in [0.717, 1.165) is 36.2 Å². The molecule has 1 amide bonds. The van der Waals surface area contributed by atoms with E-state index in [1.807, 2.05) is 0 Å². The number of amides is 1. The van der Waals surface area contributed by atoms with Gasteiger partial charge in [0.1, 0.15) is 0 Å². The van der Waals surface area contributed by atoms with Crippen molar-refractivity contribution in [2.45, 2.75) is 28.0 Å². The van der Waals surface area contributed by atoms with Crippen LogP contribution in [0.2, 0.25) is 5.02 Å². The number of nitrogens with zero attached hydrogens (tertiary/aromatic N) is 1. The molecule has 0 radical (unpaired) electrons. The number of aromatic nitrogens is 2. The quantitative estimate of drug-likeness (QED) is 0.372. The van der Waals surface area contributed by atoms with Gasteiger partial charge in [0.15, 0.2) is 10.1 Å². The Morgan fingerprint density at radius 3 is 2.58 bits per heavy atom. The zero-order valence-electron chi connectivity index (χ0n) is 16.7. The fourth-order valence-corrected chi connectivity index (χ4v) is 4.75. The van der Waals surface area contributed by atoms with Crippen LogP contribution in [-0.2, 0) is 20.8 Å². The van der Waals surface area contributed by atoms with Gasteiger partial charge in [-0.25, -0.2) is 13.4 Å². The SMILES string of the molecule is Cc1c(Cl)cccc1NC(=O)CSc1ncc(S(=O)(=O)c2cccc(C(F)(F)F)c2)c(=O)[nH]1. The first-order valence-electron chi connectivity index (χ1n) is 9.09. The molecular formula is C20H15ClF3N3O4S2. The number of hydrogen-bond donors (Lipinski definition) is 2. The highest BCUT2D eigenvalue weighted by Gasteiger charge is 2.32. The summed E-state index contributed by atoms with van der Waals surface area (Å²) in [4.78, 5) is 29.1. The average Bonchev–Trinajstić information content (AvgIpc) is 2.75. The van der Waals surface area contributed by atoms with E-state index in [0.29, 0.717) is 22.3 Å². The highest BCUT2D eigenvalue weighted by atomic mass is 35.5. The van der Waals surface area contributed by atoms with E-state index < -0.39 is 42.8 Å². The Morgan fingerprint density at radius 2 is 1.91 bits per heavy atom. The van der Waals surface area contributed by atoms with Crippen molar-refractivity contribution >= 4 is 44.8 Å². The van der Waals surface area contributed by atoms with Crippen LogP contribution in [0.1, 0.15) is 11.1 Å². The van der Waals surface area contributed by atoms with Crippen LogP contribution in [0.3, 0.4) is 0 Å². The monoisotopic (exact) mass is 517 g/mol. The van der Waals surface area contributed by atoms with Gasteiger partial charge in [0.2, 0.25) is 15.7 Å². The summed E-state index contributed by atoms with van der Waals surface area (Å²) in [5, 5.41) is 3.09. The number of carbonyl (C=O) groups is 1. The Kier molecular flexibility index (Phi) is 7.20. The lowest BCUT2D eigenvalue weighted by molar-refractivity contribution is -0.137. The predicted molar refractivity (Wildman–Crippen MR) is 117 cm³/mol. The molecule has 0 aliphatic rings. The van der Waals surface area contributed by atoms with E-state index in [1.54, 1.807) is 25.1 Å². The molecule has 0 saturated heterocycles. The normalized spacial score (nSPS) is 11.9. The number of carbonyl (C=O) groups excluding carboxylic acids is 1. The van der Waals surface area contributed by atoms with Gasteiger partial charge in [-0.3, -0.25) is 9.59 Å². The number of thioether (sulfide) groups is 1. The van der Waals surface area contributed by atoms with Crippen molar-refractivity contribution in [3.8, 4) is 0 Å². The van der Waals surface area contributed by atoms with Crippen LogP contribution in [0.25, 0.3) is 0 Å². The molecule has 1 heterocycles. The largest absolute Gasteiger partial charge is 0.416 e. The van der Waals surface area contributed by atoms with Gasteiger partial charge < -0.3 is 10.3 Å². The summed E-state index contributed by atoms with van der Waals surface area (Å²) in [5.41, 5.74) is -1.05. The fourth-order valence-electron chi connectivity index (χ4n) is 2.66. The zero-order valence-corrected chi connectivity index (χ0v) is 19.1. The Bertz CT molecular complexity index is 1380.